The molecule has 0 saturated heterocycles. The van der Waals surface area contributed by atoms with Crippen molar-refractivity contribution in [2.45, 2.75) is 39.7 Å². The highest BCUT2D eigenvalue weighted by atomic mass is 16.1. The molecule has 0 saturated carbocycles. The number of unbranched alkanes of at least 4 members (excludes halogenated alkanes) is 1. The number of rotatable bonds is 8. The molecular weight excluding hydrogens is 480 g/mol. The van der Waals surface area contributed by atoms with Crippen molar-refractivity contribution < 1.29 is 4.79 Å². The second-order valence-electron chi connectivity index (χ2n) is 10.3. The second kappa shape index (κ2) is 10.3. The highest BCUT2D eigenvalue weighted by Crippen LogP contribution is 2.31. The molecule has 0 unspecified atom stereocenters. The first-order valence-electron chi connectivity index (χ1n) is 13.6. The lowest BCUT2D eigenvalue weighted by atomic mass is 9.99. The van der Waals surface area contributed by atoms with Crippen molar-refractivity contribution in [1.29, 1.82) is 0 Å². The van der Waals surface area contributed by atoms with Crippen molar-refractivity contribution in [1.82, 2.24) is 19.1 Å². The van der Waals surface area contributed by atoms with Gasteiger partial charge in [0.15, 0.2) is 6.29 Å². The summed E-state index contributed by atoms with van der Waals surface area (Å²) in [6.07, 6.45) is 4.09. The predicted octanol–water partition coefficient (Wildman–Crippen LogP) is 7.77. The van der Waals surface area contributed by atoms with Gasteiger partial charge in [0.05, 0.1) is 22.1 Å². The van der Waals surface area contributed by atoms with Crippen LogP contribution in [0.4, 0.5) is 0 Å². The average Bonchev–Trinajstić information content (AvgIpc) is 3.50. The van der Waals surface area contributed by atoms with E-state index in [1.54, 1.807) is 0 Å². The number of para-hydroxylation sites is 2. The van der Waals surface area contributed by atoms with Gasteiger partial charge < -0.3 is 9.13 Å². The lowest BCUT2D eigenvalue weighted by Gasteiger charge is -2.12. The van der Waals surface area contributed by atoms with Crippen molar-refractivity contribution in [3.63, 3.8) is 0 Å². The fraction of sp³-hybridized carbons (Fsp3) is 0.206. The second-order valence-corrected chi connectivity index (χ2v) is 10.3. The Balaban J connectivity index is 1.43. The molecule has 39 heavy (non-hydrogen) atoms. The monoisotopic (exact) mass is 512 g/mol. The summed E-state index contributed by atoms with van der Waals surface area (Å²) in [4.78, 5) is 21.6. The Morgan fingerprint density at radius 1 is 0.846 bits per heavy atom. The van der Waals surface area contributed by atoms with E-state index in [2.05, 4.69) is 84.6 Å². The quantitative estimate of drug-likeness (QED) is 0.196. The number of imidazole rings is 2. The van der Waals surface area contributed by atoms with Crippen LogP contribution in [0.3, 0.4) is 0 Å². The SMILES string of the molecule is CCCCc1nc2c(C)cc(-c3nc4ccccc4n3C)cc2n1Cc1ccc(-c2ccccc2C=O)cc1. The highest BCUT2D eigenvalue weighted by Gasteiger charge is 2.17. The van der Waals surface area contributed by atoms with E-state index in [1.165, 1.54) is 5.56 Å². The Morgan fingerprint density at radius 2 is 1.62 bits per heavy atom. The van der Waals surface area contributed by atoms with Gasteiger partial charge in [0.25, 0.3) is 0 Å². The molecule has 0 aliphatic rings. The Morgan fingerprint density at radius 3 is 2.38 bits per heavy atom. The molecule has 0 atom stereocenters. The van der Waals surface area contributed by atoms with Crippen LogP contribution in [0.25, 0.3) is 44.6 Å². The molecule has 0 N–H and O–H groups in total. The number of carbonyl (C=O) groups is 1. The number of benzene rings is 4. The van der Waals surface area contributed by atoms with Crippen LogP contribution in [0, 0.1) is 6.92 Å². The van der Waals surface area contributed by atoms with E-state index in [0.717, 1.165) is 88.1 Å². The summed E-state index contributed by atoms with van der Waals surface area (Å²) >= 11 is 0. The average molecular weight is 513 g/mol. The fourth-order valence-corrected chi connectivity index (χ4v) is 5.51. The van der Waals surface area contributed by atoms with Gasteiger partial charge in [0, 0.05) is 31.1 Å². The van der Waals surface area contributed by atoms with Crippen molar-refractivity contribution in [3.05, 3.63) is 107 Å². The van der Waals surface area contributed by atoms with Crippen LogP contribution in [0.15, 0.2) is 84.9 Å². The molecule has 5 nitrogen and oxygen atoms in total. The third kappa shape index (κ3) is 4.54. The maximum Gasteiger partial charge on any atom is 0.150 e. The molecule has 0 aliphatic heterocycles. The standard InChI is InChI=1S/C34H32N4O/c1-4-5-14-32-36-33-23(2)19-27(34-35-29-12-8-9-13-30(29)37(34)3)20-31(33)38(32)21-24-15-17-25(18-16-24)28-11-7-6-10-26(28)22-39/h6-13,15-20,22H,4-5,14,21H2,1-3H3. The molecule has 0 spiro atoms. The molecule has 6 rings (SSSR count). The zero-order valence-corrected chi connectivity index (χ0v) is 22.7. The Kier molecular flexibility index (Phi) is 6.57. The third-order valence-electron chi connectivity index (χ3n) is 7.62. The molecule has 0 amide bonds. The van der Waals surface area contributed by atoms with Crippen molar-refractivity contribution >= 4 is 28.4 Å². The normalized spacial score (nSPS) is 11.5. The van der Waals surface area contributed by atoms with E-state index in [1.807, 2.05) is 30.3 Å². The third-order valence-corrected chi connectivity index (χ3v) is 7.62. The van der Waals surface area contributed by atoms with Crippen LogP contribution in [-0.2, 0) is 20.0 Å². The number of fused-ring (bicyclic) bond motifs is 2. The van der Waals surface area contributed by atoms with Gasteiger partial charge in [-0.2, -0.15) is 0 Å². The van der Waals surface area contributed by atoms with Crippen LogP contribution in [-0.4, -0.2) is 25.4 Å². The lowest BCUT2D eigenvalue weighted by molar-refractivity contribution is 0.112. The Labute approximate surface area is 228 Å². The van der Waals surface area contributed by atoms with Crippen molar-refractivity contribution in [2.75, 3.05) is 0 Å². The molecule has 0 fully saturated rings. The molecule has 0 bridgehead atoms. The number of carbonyl (C=O) groups excluding carboxylic acids is 1. The summed E-state index contributed by atoms with van der Waals surface area (Å²) in [5, 5.41) is 0. The summed E-state index contributed by atoms with van der Waals surface area (Å²) in [5.74, 6) is 2.08. The first kappa shape index (κ1) is 24.8. The highest BCUT2D eigenvalue weighted by molar-refractivity contribution is 5.88. The van der Waals surface area contributed by atoms with Crippen molar-refractivity contribution in [2.24, 2.45) is 7.05 Å². The molecular formula is C34H32N4O. The van der Waals surface area contributed by atoms with Crippen LogP contribution < -0.4 is 0 Å². The van der Waals surface area contributed by atoms with Gasteiger partial charge in [-0.3, -0.25) is 4.79 Å². The van der Waals surface area contributed by atoms with E-state index in [4.69, 9.17) is 9.97 Å². The molecule has 0 radical (unpaired) electrons. The topological polar surface area (TPSA) is 52.7 Å². The van der Waals surface area contributed by atoms with Gasteiger partial charge in [-0.25, -0.2) is 9.97 Å². The molecule has 5 heteroatoms. The number of hydrogen-bond acceptors (Lipinski definition) is 3. The molecule has 4 aromatic carbocycles. The van der Waals surface area contributed by atoms with Gasteiger partial charge in [-0.1, -0.05) is 74.0 Å². The lowest BCUT2D eigenvalue weighted by Crippen LogP contribution is -2.05. The van der Waals surface area contributed by atoms with E-state index in [0.29, 0.717) is 5.56 Å². The van der Waals surface area contributed by atoms with E-state index in [9.17, 15) is 4.79 Å². The number of hydrogen-bond donors (Lipinski definition) is 0. The summed E-state index contributed by atoms with van der Waals surface area (Å²) in [6, 6.07) is 29.0. The summed E-state index contributed by atoms with van der Waals surface area (Å²) < 4.78 is 4.54. The minimum atomic E-state index is 0.706. The fourth-order valence-electron chi connectivity index (χ4n) is 5.51. The first-order valence-corrected chi connectivity index (χ1v) is 13.6. The maximum atomic E-state index is 11.5. The zero-order valence-electron chi connectivity index (χ0n) is 22.7. The summed E-state index contributed by atoms with van der Waals surface area (Å²) in [7, 11) is 2.08. The van der Waals surface area contributed by atoms with Crippen LogP contribution in [0.2, 0.25) is 0 Å². The van der Waals surface area contributed by atoms with Gasteiger partial charge in [-0.15, -0.1) is 0 Å². The number of aryl methyl sites for hydroxylation is 3. The van der Waals surface area contributed by atoms with E-state index < -0.39 is 0 Å². The predicted molar refractivity (Wildman–Crippen MR) is 159 cm³/mol. The van der Waals surface area contributed by atoms with Gasteiger partial charge in [-0.05, 0) is 59.9 Å². The molecule has 2 aromatic heterocycles. The Bertz CT molecular complexity index is 1810. The van der Waals surface area contributed by atoms with E-state index >= 15 is 0 Å². The van der Waals surface area contributed by atoms with Crippen LogP contribution in [0.5, 0.6) is 0 Å². The van der Waals surface area contributed by atoms with Gasteiger partial charge in [0.2, 0.25) is 0 Å². The number of aldehydes is 1. The van der Waals surface area contributed by atoms with Crippen LogP contribution in [0.1, 0.15) is 47.1 Å². The van der Waals surface area contributed by atoms with Crippen molar-refractivity contribution in [3.8, 4) is 22.5 Å². The first-order chi connectivity index (χ1) is 19.1. The minimum Gasteiger partial charge on any atom is -0.327 e. The van der Waals surface area contributed by atoms with Gasteiger partial charge >= 0.3 is 0 Å². The number of nitrogens with zero attached hydrogens (tertiary/aromatic N) is 4. The molecule has 2 heterocycles. The number of aromatic nitrogens is 4. The zero-order chi connectivity index (χ0) is 26.9. The minimum absolute atomic E-state index is 0.706. The molecule has 0 aliphatic carbocycles. The summed E-state index contributed by atoms with van der Waals surface area (Å²) in [6.45, 7) is 5.10. The van der Waals surface area contributed by atoms with Crippen LogP contribution >= 0.6 is 0 Å². The maximum absolute atomic E-state index is 11.5. The molecule has 194 valence electrons. The molecule has 6 aromatic rings. The summed E-state index contributed by atoms with van der Waals surface area (Å²) in [5.41, 5.74) is 10.5. The van der Waals surface area contributed by atoms with E-state index in [-0.39, 0.29) is 0 Å². The smallest absolute Gasteiger partial charge is 0.150 e. The Hall–Kier alpha value is -4.51. The largest absolute Gasteiger partial charge is 0.327 e. The van der Waals surface area contributed by atoms with Gasteiger partial charge in [0.1, 0.15) is 11.6 Å².